The molecule has 2 atom stereocenters. The number of rotatable bonds is 3. The van der Waals surface area contributed by atoms with Crippen LogP contribution in [0.4, 0.5) is 5.95 Å². The molecule has 0 saturated heterocycles. The number of nitrogen functional groups attached to an aromatic ring is 1. The number of fused-ring (bicyclic) bond motifs is 1. The van der Waals surface area contributed by atoms with Crippen molar-refractivity contribution in [2.45, 2.75) is 13.0 Å². The van der Waals surface area contributed by atoms with Crippen molar-refractivity contribution in [2.75, 3.05) is 17.7 Å². The fourth-order valence-electron chi connectivity index (χ4n) is 1.80. The fourth-order valence-corrected chi connectivity index (χ4v) is 2.62. The molecule has 0 fully saturated rings. The molecule has 0 saturated carbocycles. The van der Waals surface area contributed by atoms with Crippen LogP contribution in [0.25, 0.3) is 11.2 Å². The van der Waals surface area contributed by atoms with Gasteiger partial charge in [-0.3, -0.25) is 8.78 Å². The first-order valence-corrected chi connectivity index (χ1v) is 6.70. The summed E-state index contributed by atoms with van der Waals surface area (Å²) in [6.45, 7) is 1.97. The van der Waals surface area contributed by atoms with Gasteiger partial charge in [0.1, 0.15) is 5.52 Å². The molecular weight excluding hydrogens is 224 g/mol. The minimum atomic E-state index is -0.863. The van der Waals surface area contributed by atoms with Crippen molar-refractivity contribution in [1.82, 2.24) is 14.5 Å². The molecule has 86 valence electrons. The number of anilines is 1. The highest BCUT2D eigenvalue weighted by atomic mass is 32.2. The standard InChI is InChI=1S/C10H14N4OS/c1-7(6-16(2)15)14-9-8(13-10(14)11)4-3-5-12-9/h3-5,7H,6H2,1-2H3,(H2,11,13). The molecule has 0 aromatic carbocycles. The van der Waals surface area contributed by atoms with E-state index in [0.29, 0.717) is 11.7 Å². The molecule has 0 spiro atoms. The van der Waals surface area contributed by atoms with Crippen LogP contribution in [0, 0.1) is 0 Å². The fraction of sp³-hybridized carbons (Fsp3) is 0.400. The summed E-state index contributed by atoms with van der Waals surface area (Å²) >= 11 is 0. The topological polar surface area (TPSA) is 73.8 Å². The maximum atomic E-state index is 11.2. The van der Waals surface area contributed by atoms with Crippen LogP contribution in [-0.2, 0) is 10.8 Å². The van der Waals surface area contributed by atoms with E-state index in [1.807, 2.05) is 23.6 Å². The Morgan fingerprint density at radius 3 is 3.06 bits per heavy atom. The first-order chi connectivity index (χ1) is 7.59. The minimum absolute atomic E-state index is 0.0331. The third kappa shape index (κ3) is 1.92. The van der Waals surface area contributed by atoms with Gasteiger partial charge in [0, 0.05) is 35.0 Å². The number of aromatic nitrogens is 3. The SMILES string of the molecule is CC(CS(C)=O)n1c(N)nc2cccnc21. The second kappa shape index (κ2) is 4.21. The van der Waals surface area contributed by atoms with Gasteiger partial charge in [0.05, 0.1) is 0 Å². The third-order valence-corrected chi connectivity index (χ3v) is 3.34. The van der Waals surface area contributed by atoms with Crippen LogP contribution in [0.3, 0.4) is 0 Å². The molecule has 0 bridgehead atoms. The summed E-state index contributed by atoms with van der Waals surface area (Å²) in [7, 11) is -0.863. The van der Waals surface area contributed by atoms with Crippen LogP contribution in [0.1, 0.15) is 13.0 Å². The Bertz CT molecular complexity index is 537. The first-order valence-electron chi connectivity index (χ1n) is 4.98. The molecule has 16 heavy (non-hydrogen) atoms. The Kier molecular flexibility index (Phi) is 2.91. The Morgan fingerprint density at radius 1 is 1.62 bits per heavy atom. The molecule has 0 radical (unpaired) electrons. The van der Waals surface area contributed by atoms with Crippen LogP contribution in [0.2, 0.25) is 0 Å². The lowest BCUT2D eigenvalue weighted by Crippen LogP contribution is -2.15. The van der Waals surface area contributed by atoms with E-state index >= 15 is 0 Å². The lowest BCUT2D eigenvalue weighted by Gasteiger charge is -2.13. The number of hydrogen-bond donors (Lipinski definition) is 1. The molecule has 2 heterocycles. The molecule has 2 rings (SSSR count). The van der Waals surface area contributed by atoms with Crippen molar-refractivity contribution in [3.05, 3.63) is 18.3 Å². The molecule has 2 aromatic rings. The number of nitrogens with two attached hydrogens (primary N) is 1. The highest BCUT2D eigenvalue weighted by Crippen LogP contribution is 2.20. The monoisotopic (exact) mass is 238 g/mol. The van der Waals surface area contributed by atoms with E-state index in [1.165, 1.54) is 0 Å². The Hall–Kier alpha value is -1.43. The molecule has 2 aromatic heterocycles. The van der Waals surface area contributed by atoms with Crippen molar-refractivity contribution < 1.29 is 4.21 Å². The summed E-state index contributed by atoms with van der Waals surface area (Å²) in [6, 6.07) is 3.72. The van der Waals surface area contributed by atoms with Crippen LogP contribution >= 0.6 is 0 Å². The van der Waals surface area contributed by atoms with Gasteiger partial charge in [-0.05, 0) is 19.1 Å². The summed E-state index contributed by atoms with van der Waals surface area (Å²) in [4.78, 5) is 8.47. The first kappa shape index (κ1) is 11.1. The zero-order chi connectivity index (χ0) is 11.7. The van der Waals surface area contributed by atoms with E-state index in [9.17, 15) is 4.21 Å². The predicted octanol–water partition coefficient (Wildman–Crippen LogP) is 0.953. The van der Waals surface area contributed by atoms with Gasteiger partial charge < -0.3 is 5.73 Å². The quantitative estimate of drug-likeness (QED) is 0.864. The minimum Gasteiger partial charge on any atom is -0.369 e. The van der Waals surface area contributed by atoms with Crippen LogP contribution < -0.4 is 5.73 Å². The highest BCUT2D eigenvalue weighted by Gasteiger charge is 2.15. The highest BCUT2D eigenvalue weighted by molar-refractivity contribution is 7.84. The van der Waals surface area contributed by atoms with E-state index < -0.39 is 10.8 Å². The van der Waals surface area contributed by atoms with E-state index in [1.54, 1.807) is 12.5 Å². The van der Waals surface area contributed by atoms with E-state index in [2.05, 4.69) is 9.97 Å². The number of nitrogens with zero attached hydrogens (tertiary/aromatic N) is 3. The molecule has 0 aliphatic rings. The second-order valence-electron chi connectivity index (χ2n) is 3.78. The molecule has 2 unspecified atom stereocenters. The number of pyridine rings is 1. The van der Waals surface area contributed by atoms with Gasteiger partial charge in [0.2, 0.25) is 5.95 Å². The second-order valence-corrected chi connectivity index (χ2v) is 5.25. The largest absolute Gasteiger partial charge is 0.369 e. The van der Waals surface area contributed by atoms with Gasteiger partial charge in [-0.2, -0.15) is 0 Å². The Labute approximate surface area is 96.1 Å². The third-order valence-electron chi connectivity index (χ3n) is 2.39. The summed E-state index contributed by atoms with van der Waals surface area (Å²) in [5, 5.41) is 0. The summed E-state index contributed by atoms with van der Waals surface area (Å²) < 4.78 is 13.0. The molecule has 0 aliphatic carbocycles. The number of imidazole rings is 1. The lowest BCUT2D eigenvalue weighted by molar-refractivity contribution is 0.615. The zero-order valence-corrected chi connectivity index (χ0v) is 10.1. The van der Waals surface area contributed by atoms with Gasteiger partial charge >= 0.3 is 0 Å². The smallest absolute Gasteiger partial charge is 0.202 e. The summed E-state index contributed by atoms with van der Waals surface area (Å²) in [5.74, 6) is 0.971. The van der Waals surface area contributed by atoms with Crippen LogP contribution in [0.5, 0.6) is 0 Å². The summed E-state index contributed by atoms with van der Waals surface area (Å²) in [5.41, 5.74) is 7.36. The van der Waals surface area contributed by atoms with Crippen LogP contribution in [0.15, 0.2) is 18.3 Å². The zero-order valence-electron chi connectivity index (χ0n) is 9.25. The van der Waals surface area contributed by atoms with Crippen molar-refractivity contribution in [1.29, 1.82) is 0 Å². The maximum Gasteiger partial charge on any atom is 0.202 e. The molecule has 2 N–H and O–H groups in total. The molecule has 0 amide bonds. The maximum absolute atomic E-state index is 11.2. The van der Waals surface area contributed by atoms with Crippen molar-refractivity contribution in [3.8, 4) is 0 Å². The van der Waals surface area contributed by atoms with Gasteiger partial charge in [-0.15, -0.1) is 0 Å². The van der Waals surface area contributed by atoms with E-state index in [0.717, 1.165) is 11.2 Å². The molecule has 6 heteroatoms. The van der Waals surface area contributed by atoms with E-state index in [-0.39, 0.29) is 6.04 Å². The molecule has 0 aliphatic heterocycles. The van der Waals surface area contributed by atoms with Crippen molar-refractivity contribution in [2.24, 2.45) is 0 Å². The van der Waals surface area contributed by atoms with Crippen molar-refractivity contribution >= 4 is 27.9 Å². The average Bonchev–Trinajstić information content (AvgIpc) is 2.52. The Morgan fingerprint density at radius 2 is 2.38 bits per heavy atom. The number of hydrogen-bond acceptors (Lipinski definition) is 4. The van der Waals surface area contributed by atoms with Gasteiger partial charge in [-0.1, -0.05) is 0 Å². The summed E-state index contributed by atoms with van der Waals surface area (Å²) in [6.07, 6.45) is 3.38. The van der Waals surface area contributed by atoms with Gasteiger partial charge in [-0.25, -0.2) is 9.97 Å². The van der Waals surface area contributed by atoms with Gasteiger partial charge in [0.15, 0.2) is 5.65 Å². The Balaban J connectivity index is 2.50. The predicted molar refractivity (Wildman–Crippen MR) is 65.6 cm³/mol. The van der Waals surface area contributed by atoms with Gasteiger partial charge in [0.25, 0.3) is 0 Å². The average molecular weight is 238 g/mol. The lowest BCUT2D eigenvalue weighted by atomic mass is 10.3. The molecule has 5 nitrogen and oxygen atoms in total. The van der Waals surface area contributed by atoms with Crippen molar-refractivity contribution in [3.63, 3.8) is 0 Å². The van der Waals surface area contributed by atoms with Crippen LogP contribution in [-0.4, -0.2) is 30.8 Å². The molecular formula is C10H14N4OS. The normalized spacial score (nSPS) is 15.1. The van der Waals surface area contributed by atoms with E-state index in [4.69, 9.17) is 5.73 Å².